The molecule has 33 heavy (non-hydrogen) atoms. The molecule has 9 heteroatoms. The van der Waals surface area contributed by atoms with Gasteiger partial charge in [0.25, 0.3) is 0 Å². The summed E-state index contributed by atoms with van der Waals surface area (Å²) in [6.07, 6.45) is 7.45. The molecule has 0 saturated carbocycles. The minimum Gasteiger partial charge on any atom is -0.456 e. The molecule has 2 N–H and O–H groups in total. The molecule has 0 heterocycles. The van der Waals surface area contributed by atoms with Gasteiger partial charge in [0.1, 0.15) is 6.61 Å². The van der Waals surface area contributed by atoms with Crippen LogP contribution in [-0.2, 0) is 28.2 Å². The van der Waals surface area contributed by atoms with Crippen molar-refractivity contribution in [2.45, 2.75) is 77.7 Å². The molecule has 0 saturated heterocycles. The first-order chi connectivity index (χ1) is 15.8. The molecule has 0 bridgehead atoms. The Kier molecular flexibility index (Phi) is 18.3. The second kappa shape index (κ2) is 19.9. The van der Waals surface area contributed by atoms with Crippen molar-refractivity contribution in [2.24, 2.45) is 0 Å². The molecule has 0 amide bonds. The summed E-state index contributed by atoms with van der Waals surface area (Å²) in [5.41, 5.74) is 0. The number of esters is 2. The number of carbonyl (C=O) groups excluding carboxylic acids is 2. The molecule has 0 radical (unpaired) electrons. The largest absolute Gasteiger partial charge is 0.469 e. The summed E-state index contributed by atoms with van der Waals surface area (Å²) in [5, 5.41) is 0. The van der Waals surface area contributed by atoms with E-state index in [9.17, 15) is 14.2 Å². The van der Waals surface area contributed by atoms with Gasteiger partial charge in [-0.3, -0.25) is 9.32 Å². The Morgan fingerprint density at radius 3 is 2.03 bits per heavy atom. The third kappa shape index (κ3) is 22.3. The minimum atomic E-state index is -4.79. The lowest BCUT2D eigenvalue weighted by Crippen LogP contribution is -2.29. The van der Waals surface area contributed by atoms with Crippen LogP contribution in [0.5, 0.6) is 0 Å². The van der Waals surface area contributed by atoms with Crippen molar-refractivity contribution in [3.8, 4) is 47.4 Å². The lowest BCUT2D eigenvalue weighted by molar-refractivity contribution is -0.158. The highest BCUT2D eigenvalue weighted by Gasteiger charge is 2.22. The fourth-order valence-corrected chi connectivity index (χ4v) is 2.78. The Labute approximate surface area is 196 Å². The number of hydrogen-bond acceptors (Lipinski definition) is 6. The zero-order chi connectivity index (χ0) is 24.8. The van der Waals surface area contributed by atoms with Gasteiger partial charge in [-0.25, -0.2) is 9.36 Å². The van der Waals surface area contributed by atoms with Crippen molar-refractivity contribution < 1.29 is 37.9 Å². The van der Waals surface area contributed by atoms with Gasteiger partial charge in [-0.15, -0.1) is 0 Å². The van der Waals surface area contributed by atoms with Crippen LogP contribution in [0, 0.1) is 47.4 Å². The Bertz CT molecular complexity index is 890. The van der Waals surface area contributed by atoms with Gasteiger partial charge in [-0.05, 0) is 48.9 Å². The van der Waals surface area contributed by atoms with Crippen molar-refractivity contribution in [3.63, 3.8) is 0 Å². The number of rotatable bonds is 15. The molecular weight excluding hydrogens is 447 g/mol. The SMILES string of the molecule is CC#CC#CC#CC#CC(=O)OC[C@@H](COP(=O)(O)O)OC(=O)CCCCCCCCCC. The molecule has 1 atom stereocenters. The van der Waals surface area contributed by atoms with Gasteiger partial charge in [0.15, 0.2) is 6.10 Å². The van der Waals surface area contributed by atoms with E-state index < -0.39 is 39.1 Å². The lowest BCUT2D eigenvalue weighted by atomic mass is 10.1. The second-order valence-corrected chi connectivity index (χ2v) is 8.09. The van der Waals surface area contributed by atoms with Crippen LogP contribution in [0.3, 0.4) is 0 Å². The highest BCUT2D eigenvalue weighted by molar-refractivity contribution is 7.46. The quantitative estimate of drug-likeness (QED) is 0.121. The number of carbonyl (C=O) groups is 2. The van der Waals surface area contributed by atoms with Crippen molar-refractivity contribution >= 4 is 19.8 Å². The lowest BCUT2D eigenvalue weighted by Gasteiger charge is -2.17. The van der Waals surface area contributed by atoms with Gasteiger partial charge in [0.2, 0.25) is 0 Å². The molecule has 0 aromatic rings. The van der Waals surface area contributed by atoms with E-state index in [-0.39, 0.29) is 6.42 Å². The van der Waals surface area contributed by atoms with Crippen molar-refractivity contribution in [3.05, 3.63) is 0 Å². The first-order valence-electron chi connectivity index (χ1n) is 10.8. The van der Waals surface area contributed by atoms with E-state index in [1.54, 1.807) is 6.92 Å². The Morgan fingerprint density at radius 1 is 0.848 bits per heavy atom. The third-order valence-corrected chi connectivity index (χ3v) is 4.45. The molecule has 0 aliphatic heterocycles. The van der Waals surface area contributed by atoms with Crippen LogP contribution >= 0.6 is 7.82 Å². The predicted octanol–water partition coefficient (Wildman–Crippen LogP) is 3.12. The van der Waals surface area contributed by atoms with Gasteiger partial charge < -0.3 is 19.3 Å². The zero-order valence-electron chi connectivity index (χ0n) is 19.1. The summed E-state index contributed by atoms with van der Waals surface area (Å²) in [6.45, 7) is 2.68. The summed E-state index contributed by atoms with van der Waals surface area (Å²) in [6, 6.07) is 0. The van der Waals surface area contributed by atoms with Crippen molar-refractivity contribution in [1.82, 2.24) is 0 Å². The van der Waals surface area contributed by atoms with E-state index in [1.807, 2.05) is 0 Å². The molecule has 0 spiro atoms. The molecule has 0 aliphatic carbocycles. The van der Waals surface area contributed by atoms with Crippen LogP contribution in [0.4, 0.5) is 0 Å². The Balaban J connectivity index is 4.49. The predicted molar refractivity (Wildman–Crippen MR) is 123 cm³/mol. The summed E-state index contributed by atoms with van der Waals surface area (Å²) in [5.74, 6) is 17.4. The van der Waals surface area contributed by atoms with Crippen LogP contribution in [0.1, 0.15) is 71.6 Å². The van der Waals surface area contributed by atoms with Crippen LogP contribution < -0.4 is 0 Å². The maximum Gasteiger partial charge on any atom is 0.469 e. The molecule has 0 fully saturated rings. The van der Waals surface area contributed by atoms with E-state index >= 15 is 0 Å². The van der Waals surface area contributed by atoms with E-state index in [2.05, 4.69) is 58.8 Å². The monoisotopic (exact) mass is 478 g/mol. The van der Waals surface area contributed by atoms with E-state index in [0.29, 0.717) is 6.42 Å². The van der Waals surface area contributed by atoms with Crippen molar-refractivity contribution in [2.75, 3.05) is 13.2 Å². The maximum absolute atomic E-state index is 12.0. The summed E-state index contributed by atoms with van der Waals surface area (Å²) < 4.78 is 25.3. The number of phosphoric ester groups is 1. The average molecular weight is 478 g/mol. The van der Waals surface area contributed by atoms with Crippen LogP contribution in [0.25, 0.3) is 0 Å². The maximum atomic E-state index is 12.0. The van der Waals surface area contributed by atoms with Gasteiger partial charge in [-0.1, -0.05) is 57.8 Å². The topological polar surface area (TPSA) is 119 Å². The highest BCUT2D eigenvalue weighted by atomic mass is 31.2. The normalized spacial score (nSPS) is 10.5. The zero-order valence-corrected chi connectivity index (χ0v) is 20.0. The fourth-order valence-electron chi connectivity index (χ4n) is 2.42. The minimum absolute atomic E-state index is 0.147. The van der Waals surface area contributed by atoms with Gasteiger partial charge in [0, 0.05) is 12.3 Å². The molecular formula is C24H31O8P. The van der Waals surface area contributed by atoms with Gasteiger partial charge >= 0.3 is 19.8 Å². The van der Waals surface area contributed by atoms with E-state index in [0.717, 1.165) is 19.3 Å². The average Bonchev–Trinajstić information content (AvgIpc) is 2.76. The molecule has 0 unspecified atom stereocenters. The third-order valence-electron chi connectivity index (χ3n) is 3.96. The van der Waals surface area contributed by atoms with Crippen molar-refractivity contribution in [1.29, 1.82) is 0 Å². The number of unbranched alkanes of at least 4 members (excludes halogenated alkanes) is 7. The number of hydrogen-bond donors (Lipinski definition) is 2. The highest BCUT2D eigenvalue weighted by Crippen LogP contribution is 2.35. The molecule has 0 rings (SSSR count). The molecule has 0 aliphatic rings. The molecule has 0 aromatic heterocycles. The van der Waals surface area contributed by atoms with Gasteiger partial charge in [0.05, 0.1) is 6.61 Å². The summed E-state index contributed by atoms with van der Waals surface area (Å²) in [4.78, 5) is 41.4. The number of ether oxygens (including phenoxy) is 2. The molecule has 0 aromatic carbocycles. The Hall–Kier alpha value is -2.71. The van der Waals surface area contributed by atoms with E-state index in [1.165, 1.54) is 25.7 Å². The summed E-state index contributed by atoms with van der Waals surface area (Å²) >= 11 is 0. The molecule has 8 nitrogen and oxygen atoms in total. The number of phosphoric acid groups is 1. The fraction of sp³-hybridized carbons (Fsp3) is 0.583. The smallest absolute Gasteiger partial charge is 0.456 e. The second-order valence-electron chi connectivity index (χ2n) is 6.85. The van der Waals surface area contributed by atoms with Gasteiger partial charge in [-0.2, -0.15) is 0 Å². The van der Waals surface area contributed by atoms with Crippen LogP contribution in [0.15, 0.2) is 0 Å². The first kappa shape index (κ1) is 30.3. The molecule has 180 valence electrons. The van der Waals surface area contributed by atoms with Crippen LogP contribution in [-0.4, -0.2) is 41.0 Å². The van der Waals surface area contributed by atoms with E-state index in [4.69, 9.17) is 19.3 Å². The Morgan fingerprint density at radius 2 is 1.42 bits per heavy atom. The standard InChI is InChI=1S/C24H31O8P/c1-3-5-7-9-11-13-15-17-19-24(26)32-22(21-31-33(27,28)29)20-30-23(25)18-16-14-12-10-8-6-4-2/h22H,3,5,7,9,11,13,15,17,19-21H2,1-2H3,(H2,27,28,29)/t22-/m0/s1. The first-order valence-corrected chi connectivity index (χ1v) is 12.3. The van der Waals surface area contributed by atoms with Crippen LogP contribution in [0.2, 0.25) is 0 Å². The summed E-state index contributed by atoms with van der Waals surface area (Å²) in [7, 11) is -4.79.